The largest absolute Gasteiger partial charge is 0.493 e. The highest BCUT2D eigenvalue weighted by Crippen LogP contribution is 2.67. The van der Waals surface area contributed by atoms with Crippen molar-refractivity contribution in [3.63, 3.8) is 0 Å². The number of benzene rings is 1. The van der Waals surface area contributed by atoms with Crippen LogP contribution >= 0.6 is 0 Å². The molecule has 2 bridgehead atoms. The van der Waals surface area contributed by atoms with Crippen LogP contribution in [0, 0.1) is 0 Å². The van der Waals surface area contributed by atoms with Gasteiger partial charge in [0.05, 0.1) is 30.8 Å². The van der Waals surface area contributed by atoms with Gasteiger partial charge in [0, 0.05) is 18.0 Å². The van der Waals surface area contributed by atoms with Gasteiger partial charge in [-0.25, -0.2) is 0 Å². The van der Waals surface area contributed by atoms with Crippen LogP contribution in [-0.4, -0.2) is 67.0 Å². The number of hydrogen-bond donors (Lipinski definition) is 1. The molecule has 1 aromatic rings. The summed E-state index contributed by atoms with van der Waals surface area (Å²) in [6.45, 7) is 3.70. The van der Waals surface area contributed by atoms with Crippen molar-refractivity contribution >= 4 is 0 Å². The fraction of sp³-hybridized carbons (Fsp3) is 0.727. The van der Waals surface area contributed by atoms with E-state index in [2.05, 4.69) is 24.9 Å². The first-order valence-corrected chi connectivity index (χ1v) is 10.6. The van der Waals surface area contributed by atoms with E-state index in [-0.39, 0.29) is 18.2 Å². The molecule has 6 atom stereocenters. The lowest BCUT2D eigenvalue weighted by Gasteiger charge is -2.65. The number of aliphatic hydroxyl groups is 1. The molecule has 1 N–H and O–H groups in total. The first-order chi connectivity index (χ1) is 13.5. The SMILES string of the molecule is COc1ccc2c3c1O[C@H]1[C@@]4(CCC5(O)[C@@H](C2)N(C)CC[C@]315)OCC[C@@H](C)O4. The topological polar surface area (TPSA) is 60.4 Å². The average molecular weight is 387 g/mol. The van der Waals surface area contributed by atoms with Gasteiger partial charge in [0.1, 0.15) is 0 Å². The number of rotatable bonds is 1. The number of nitrogens with zero attached hydrogens (tertiary/aromatic N) is 1. The summed E-state index contributed by atoms with van der Waals surface area (Å²) in [4.78, 5) is 2.33. The third kappa shape index (κ3) is 1.80. The maximum Gasteiger partial charge on any atom is 0.207 e. The maximum atomic E-state index is 12.3. The summed E-state index contributed by atoms with van der Waals surface area (Å²) < 4.78 is 25.2. The van der Waals surface area contributed by atoms with Crippen molar-refractivity contribution in [2.45, 2.75) is 74.1 Å². The number of ether oxygens (including phenoxy) is 4. The predicted molar refractivity (Wildman–Crippen MR) is 102 cm³/mol. The smallest absolute Gasteiger partial charge is 0.207 e. The van der Waals surface area contributed by atoms with E-state index in [9.17, 15) is 5.11 Å². The van der Waals surface area contributed by atoms with E-state index >= 15 is 0 Å². The molecule has 3 fully saturated rings. The van der Waals surface area contributed by atoms with Crippen LogP contribution < -0.4 is 9.47 Å². The molecular weight excluding hydrogens is 358 g/mol. The van der Waals surface area contributed by atoms with Gasteiger partial charge < -0.3 is 29.0 Å². The highest BCUT2D eigenvalue weighted by Gasteiger charge is 2.77. The van der Waals surface area contributed by atoms with Gasteiger partial charge in [0.25, 0.3) is 0 Å². The number of likely N-dealkylation sites (N-methyl/N-ethyl adjacent to an activating group) is 1. The summed E-state index contributed by atoms with van der Waals surface area (Å²) in [5.41, 5.74) is 1.04. The third-order valence-corrected chi connectivity index (χ3v) is 8.21. The van der Waals surface area contributed by atoms with Gasteiger partial charge >= 0.3 is 0 Å². The fourth-order valence-corrected chi connectivity index (χ4v) is 6.96. The number of likely N-dealkylation sites (tertiary alicyclic amines) is 1. The van der Waals surface area contributed by atoms with Crippen molar-refractivity contribution in [3.05, 3.63) is 23.3 Å². The lowest BCUT2D eigenvalue weighted by Crippen LogP contribution is -2.79. The van der Waals surface area contributed by atoms with Crippen molar-refractivity contribution < 1.29 is 24.1 Å². The summed E-state index contributed by atoms with van der Waals surface area (Å²) in [6.07, 6.45) is 3.62. The van der Waals surface area contributed by atoms with Crippen molar-refractivity contribution in [1.82, 2.24) is 4.90 Å². The van der Waals surface area contributed by atoms with E-state index < -0.39 is 16.8 Å². The quantitative estimate of drug-likeness (QED) is 0.795. The summed E-state index contributed by atoms with van der Waals surface area (Å²) in [7, 11) is 3.81. The summed E-state index contributed by atoms with van der Waals surface area (Å²) >= 11 is 0. The molecule has 2 aliphatic carbocycles. The number of hydrogen-bond acceptors (Lipinski definition) is 6. The molecule has 28 heavy (non-hydrogen) atoms. The second-order valence-electron chi connectivity index (χ2n) is 9.35. The molecule has 6 nitrogen and oxygen atoms in total. The van der Waals surface area contributed by atoms with E-state index in [1.807, 2.05) is 6.07 Å². The van der Waals surface area contributed by atoms with Crippen LogP contribution in [0.5, 0.6) is 11.5 Å². The summed E-state index contributed by atoms with van der Waals surface area (Å²) in [5.74, 6) is 0.725. The molecule has 3 heterocycles. The van der Waals surface area contributed by atoms with Gasteiger partial charge in [0.15, 0.2) is 17.6 Å². The Morgan fingerprint density at radius 3 is 2.89 bits per heavy atom. The minimum Gasteiger partial charge on any atom is -0.493 e. The van der Waals surface area contributed by atoms with Crippen LogP contribution in [0.4, 0.5) is 0 Å². The molecule has 2 spiro atoms. The molecule has 152 valence electrons. The molecule has 0 amide bonds. The molecule has 2 saturated heterocycles. The first-order valence-electron chi connectivity index (χ1n) is 10.6. The van der Waals surface area contributed by atoms with E-state index in [1.165, 1.54) is 5.56 Å². The number of methoxy groups -OCH3 is 1. The minimum atomic E-state index is -0.853. The van der Waals surface area contributed by atoms with E-state index in [0.717, 1.165) is 42.9 Å². The molecule has 6 rings (SSSR count). The van der Waals surface area contributed by atoms with Crippen LogP contribution in [0.2, 0.25) is 0 Å². The van der Waals surface area contributed by atoms with Crippen LogP contribution in [0.3, 0.4) is 0 Å². The second kappa shape index (κ2) is 5.42. The molecule has 3 aliphatic heterocycles. The molecule has 1 saturated carbocycles. The zero-order valence-corrected chi connectivity index (χ0v) is 16.9. The number of fused-ring (bicyclic) bond motifs is 1. The lowest BCUT2D eigenvalue weighted by atomic mass is 9.48. The zero-order chi connectivity index (χ0) is 19.3. The van der Waals surface area contributed by atoms with Gasteiger partial charge in [-0.3, -0.25) is 0 Å². The Hall–Kier alpha value is -1.34. The monoisotopic (exact) mass is 387 g/mol. The normalized spacial score (nSPS) is 46.2. The second-order valence-corrected chi connectivity index (χ2v) is 9.35. The Morgan fingerprint density at radius 2 is 2.11 bits per heavy atom. The zero-order valence-electron chi connectivity index (χ0n) is 16.9. The lowest BCUT2D eigenvalue weighted by molar-refractivity contribution is -0.364. The van der Waals surface area contributed by atoms with Crippen LogP contribution in [0.15, 0.2) is 12.1 Å². The molecule has 0 aromatic heterocycles. The highest BCUT2D eigenvalue weighted by atomic mass is 16.7. The van der Waals surface area contributed by atoms with E-state index in [1.54, 1.807) is 7.11 Å². The van der Waals surface area contributed by atoms with Crippen LogP contribution in [-0.2, 0) is 21.3 Å². The molecule has 6 heteroatoms. The van der Waals surface area contributed by atoms with Crippen molar-refractivity contribution in [2.75, 3.05) is 27.3 Å². The number of piperidine rings is 1. The summed E-state index contributed by atoms with van der Waals surface area (Å²) in [5, 5.41) is 12.3. The van der Waals surface area contributed by atoms with Gasteiger partial charge in [-0.15, -0.1) is 0 Å². The molecule has 0 radical (unpaired) electrons. The Bertz CT molecular complexity index is 844. The third-order valence-electron chi connectivity index (χ3n) is 8.21. The van der Waals surface area contributed by atoms with E-state index in [4.69, 9.17) is 18.9 Å². The standard InChI is InChI=1S/C22H29NO5/c1-13-6-11-26-22(28-13)8-7-21(24)16-12-14-4-5-15(25-3)18-17(14)20(21,19(22)27-18)9-10-23(16)2/h4-5,13,16,19,24H,6-12H2,1-3H3/t13-,16-,19-,20+,21?,22+/m1/s1. The van der Waals surface area contributed by atoms with Crippen molar-refractivity contribution in [1.29, 1.82) is 0 Å². The predicted octanol–water partition coefficient (Wildman–Crippen LogP) is 2.00. The molecule has 1 unspecified atom stereocenters. The molecule has 5 aliphatic rings. The van der Waals surface area contributed by atoms with Crippen LogP contribution in [0.1, 0.15) is 43.7 Å². The first kappa shape index (κ1) is 17.5. The molecule has 1 aromatic carbocycles. The minimum absolute atomic E-state index is 0.0811. The fourth-order valence-electron chi connectivity index (χ4n) is 6.96. The van der Waals surface area contributed by atoms with Gasteiger partial charge in [-0.2, -0.15) is 0 Å². The van der Waals surface area contributed by atoms with Gasteiger partial charge in [-0.05, 0) is 57.8 Å². The van der Waals surface area contributed by atoms with E-state index in [0.29, 0.717) is 19.4 Å². The highest BCUT2D eigenvalue weighted by molar-refractivity contribution is 5.63. The maximum absolute atomic E-state index is 12.3. The Kier molecular flexibility index (Phi) is 3.39. The van der Waals surface area contributed by atoms with Gasteiger partial charge in [0.2, 0.25) is 5.79 Å². The van der Waals surface area contributed by atoms with Crippen LogP contribution in [0.25, 0.3) is 0 Å². The van der Waals surface area contributed by atoms with Gasteiger partial charge in [-0.1, -0.05) is 6.07 Å². The Morgan fingerprint density at radius 1 is 1.25 bits per heavy atom. The van der Waals surface area contributed by atoms with Crippen molar-refractivity contribution in [2.24, 2.45) is 0 Å². The molecular formula is C22H29NO5. The average Bonchev–Trinajstić information content (AvgIpc) is 3.04. The Labute approximate surface area is 165 Å². The summed E-state index contributed by atoms with van der Waals surface area (Å²) in [6, 6.07) is 4.24. The van der Waals surface area contributed by atoms with Crippen molar-refractivity contribution in [3.8, 4) is 11.5 Å². The Balaban J connectivity index is 1.62.